The van der Waals surface area contributed by atoms with Crippen molar-refractivity contribution >= 4 is 40.5 Å². The maximum atomic E-state index is 12.5. The van der Waals surface area contributed by atoms with Crippen molar-refractivity contribution in [2.75, 3.05) is 19.8 Å². The number of rotatable bonds is 7. The highest BCUT2D eigenvalue weighted by Gasteiger charge is 2.33. The molecule has 0 saturated carbocycles. The summed E-state index contributed by atoms with van der Waals surface area (Å²) in [7, 11) is 0. The van der Waals surface area contributed by atoms with Gasteiger partial charge in [-0.15, -0.1) is 11.3 Å². The van der Waals surface area contributed by atoms with Gasteiger partial charge < -0.3 is 14.4 Å². The van der Waals surface area contributed by atoms with E-state index in [1.807, 2.05) is 22.2 Å². The molecule has 28 heavy (non-hydrogen) atoms. The first-order chi connectivity index (χ1) is 13.6. The number of aromatic nitrogens is 1. The molecule has 2 aromatic heterocycles. The molecule has 1 saturated heterocycles. The Hall–Kier alpha value is -2.26. The van der Waals surface area contributed by atoms with Crippen molar-refractivity contribution in [3.63, 3.8) is 0 Å². The van der Waals surface area contributed by atoms with E-state index in [1.54, 1.807) is 18.3 Å². The molecule has 1 aliphatic rings. The second-order valence-electron chi connectivity index (χ2n) is 6.34. The minimum atomic E-state index is -0.591. The molecule has 0 N–H and O–H groups in total. The standard InChI is InChI=1S/C19H22N2O5S2/c1-2-25-19(24)15-5-3-4-7-21(15)16(22)10-26-17(23)9-14-12-28-18(20-14)13-6-8-27-11-13/h6,8,11-12,15H,2-5,7,9-10H2,1H3. The van der Waals surface area contributed by atoms with Gasteiger partial charge in [-0.2, -0.15) is 11.3 Å². The molecular weight excluding hydrogens is 400 g/mol. The molecule has 1 unspecified atom stereocenters. The van der Waals surface area contributed by atoms with Gasteiger partial charge in [0.2, 0.25) is 0 Å². The summed E-state index contributed by atoms with van der Waals surface area (Å²) < 4.78 is 10.2. The van der Waals surface area contributed by atoms with Crippen LogP contribution in [-0.2, 0) is 30.3 Å². The number of likely N-dealkylation sites (tertiary alicyclic amines) is 1. The highest BCUT2D eigenvalue weighted by Crippen LogP contribution is 2.26. The summed E-state index contributed by atoms with van der Waals surface area (Å²) in [4.78, 5) is 42.5. The summed E-state index contributed by atoms with van der Waals surface area (Å²) in [6.07, 6.45) is 2.26. The molecule has 0 bridgehead atoms. The van der Waals surface area contributed by atoms with Crippen molar-refractivity contribution in [1.82, 2.24) is 9.88 Å². The maximum absolute atomic E-state index is 12.5. The molecule has 1 fully saturated rings. The van der Waals surface area contributed by atoms with E-state index in [0.717, 1.165) is 23.4 Å². The Morgan fingerprint density at radius 2 is 2.11 bits per heavy atom. The molecule has 150 valence electrons. The van der Waals surface area contributed by atoms with Gasteiger partial charge in [-0.1, -0.05) is 0 Å². The predicted molar refractivity (Wildman–Crippen MR) is 106 cm³/mol. The molecule has 3 rings (SSSR count). The van der Waals surface area contributed by atoms with Crippen LogP contribution in [-0.4, -0.2) is 53.5 Å². The van der Waals surface area contributed by atoms with Crippen LogP contribution < -0.4 is 0 Å². The van der Waals surface area contributed by atoms with Crippen molar-refractivity contribution in [3.8, 4) is 10.6 Å². The first-order valence-corrected chi connectivity index (χ1v) is 11.0. The molecule has 0 radical (unpaired) electrons. The highest BCUT2D eigenvalue weighted by molar-refractivity contribution is 7.14. The van der Waals surface area contributed by atoms with E-state index in [2.05, 4.69) is 4.98 Å². The second kappa shape index (κ2) is 9.79. The SMILES string of the molecule is CCOC(=O)C1CCCCN1C(=O)COC(=O)Cc1csc(-c2ccsc2)n1. The number of nitrogens with zero attached hydrogens (tertiary/aromatic N) is 2. The molecule has 3 heterocycles. The van der Waals surface area contributed by atoms with Crippen LogP contribution in [0.3, 0.4) is 0 Å². The molecule has 0 spiro atoms. The normalized spacial score (nSPS) is 16.6. The zero-order chi connectivity index (χ0) is 19.9. The fraction of sp³-hybridized carbons (Fsp3) is 0.474. The average molecular weight is 423 g/mol. The number of hydrogen-bond donors (Lipinski definition) is 0. The zero-order valence-corrected chi connectivity index (χ0v) is 17.2. The molecular formula is C19H22N2O5S2. The Kier molecular flexibility index (Phi) is 7.16. The molecule has 7 nitrogen and oxygen atoms in total. The van der Waals surface area contributed by atoms with Crippen LogP contribution in [0.1, 0.15) is 31.9 Å². The number of thiazole rings is 1. The van der Waals surface area contributed by atoms with Crippen molar-refractivity contribution in [1.29, 1.82) is 0 Å². The van der Waals surface area contributed by atoms with Crippen LogP contribution in [0.25, 0.3) is 10.6 Å². The van der Waals surface area contributed by atoms with E-state index in [-0.39, 0.29) is 25.5 Å². The molecule has 1 amide bonds. The maximum Gasteiger partial charge on any atom is 0.328 e. The monoisotopic (exact) mass is 422 g/mol. The Morgan fingerprint density at radius 3 is 2.86 bits per heavy atom. The van der Waals surface area contributed by atoms with E-state index < -0.39 is 18.0 Å². The largest absolute Gasteiger partial charge is 0.464 e. The van der Waals surface area contributed by atoms with E-state index in [4.69, 9.17) is 9.47 Å². The number of piperidine rings is 1. The lowest BCUT2D eigenvalue weighted by molar-refractivity contribution is -0.160. The van der Waals surface area contributed by atoms with Crippen LogP contribution in [0.15, 0.2) is 22.2 Å². The van der Waals surface area contributed by atoms with Crippen molar-refractivity contribution in [2.24, 2.45) is 0 Å². The van der Waals surface area contributed by atoms with E-state index in [9.17, 15) is 14.4 Å². The van der Waals surface area contributed by atoms with Crippen LogP contribution in [0.4, 0.5) is 0 Å². The summed E-state index contributed by atoms with van der Waals surface area (Å²) in [5, 5.41) is 6.64. The minimum Gasteiger partial charge on any atom is -0.464 e. The number of carbonyl (C=O) groups is 3. The van der Waals surface area contributed by atoms with Gasteiger partial charge in [0.1, 0.15) is 11.0 Å². The number of amides is 1. The Morgan fingerprint density at radius 1 is 1.25 bits per heavy atom. The molecule has 1 aliphatic heterocycles. The number of esters is 2. The van der Waals surface area contributed by atoms with E-state index in [0.29, 0.717) is 18.7 Å². The lowest BCUT2D eigenvalue weighted by atomic mass is 10.0. The van der Waals surface area contributed by atoms with Gasteiger partial charge in [-0.3, -0.25) is 9.59 Å². The van der Waals surface area contributed by atoms with Gasteiger partial charge in [-0.05, 0) is 37.6 Å². The third kappa shape index (κ3) is 5.17. The molecule has 9 heteroatoms. The van der Waals surface area contributed by atoms with Gasteiger partial charge >= 0.3 is 11.9 Å². The van der Waals surface area contributed by atoms with Crippen LogP contribution in [0, 0.1) is 0 Å². The summed E-state index contributed by atoms with van der Waals surface area (Å²) in [6, 6.07) is 1.38. The molecule has 0 aromatic carbocycles. The first kappa shape index (κ1) is 20.5. The fourth-order valence-corrected chi connectivity index (χ4v) is 4.58. The number of thiophene rings is 1. The van der Waals surface area contributed by atoms with Crippen LogP contribution in [0.2, 0.25) is 0 Å². The van der Waals surface area contributed by atoms with Crippen molar-refractivity contribution in [2.45, 2.75) is 38.6 Å². The number of ether oxygens (including phenoxy) is 2. The van der Waals surface area contributed by atoms with Gasteiger partial charge in [0.25, 0.3) is 5.91 Å². The molecule has 2 aromatic rings. The van der Waals surface area contributed by atoms with Gasteiger partial charge in [0.05, 0.1) is 18.7 Å². The minimum absolute atomic E-state index is 0.00915. The predicted octanol–water partition coefficient (Wildman–Crippen LogP) is 2.90. The van der Waals surface area contributed by atoms with Gasteiger partial charge in [0.15, 0.2) is 6.61 Å². The van der Waals surface area contributed by atoms with Crippen molar-refractivity contribution in [3.05, 3.63) is 27.9 Å². The van der Waals surface area contributed by atoms with E-state index in [1.165, 1.54) is 16.2 Å². The lowest BCUT2D eigenvalue weighted by Gasteiger charge is -2.33. The smallest absolute Gasteiger partial charge is 0.328 e. The number of carbonyl (C=O) groups excluding carboxylic acids is 3. The van der Waals surface area contributed by atoms with Gasteiger partial charge in [-0.25, -0.2) is 9.78 Å². The third-order valence-electron chi connectivity index (χ3n) is 4.38. The first-order valence-electron chi connectivity index (χ1n) is 9.17. The van der Waals surface area contributed by atoms with Gasteiger partial charge in [0, 0.05) is 22.9 Å². The quantitative estimate of drug-likeness (QED) is 0.638. The summed E-state index contributed by atoms with van der Waals surface area (Å²) in [5.41, 5.74) is 1.64. The molecule has 1 atom stereocenters. The summed E-state index contributed by atoms with van der Waals surface area (Å²) in [5.74, 6) is -1.28. The summed E-state index contributed by atoms with van der Waals surface area (Å²) in [6.45, 7) is 2.09. The number of hydrogen-bond acceptors (Lipinski definition) is 8. The Bertz CT molecular complexity index is 818. The molecule has 0 aliphatic carbocycles. The Balaban J connectivity index is 1.50. The lowest BCUT2D eigenvalue weighted by Crippen LogP contribution is -2.50. The zero-order valence-electron chi connectivity index (χ0n) is 15.6. The highest BCUT2D eigenvalue weighted by atomic mass is 32.1. The van der Waals surface area contributed by atoms with E-state index >= 15 is 0 Å². The van der Waals surface area contributed by atoms with Crippen LogP contribution >= 0.6 is 22.7 Å². The topological polar surface area (TPSA) is 85.8 Å². The summed E-state index contributed by atoms with van der Waals surface area (Å²) >= 11 is 3.05. The van der Waals surface area contributed by atoms with Crippen LogP contribution in [0.5, 0.6) is 0 Å². The fourth-order valence-electron chi connectivity index (χ4n) is 3.04. The van der Waals surface area contributed by atoms with Crippen molar-refractivity contribution < 1.29 is 23.9 Å². The second-order valence-corrected chi connectivity index (χ2v) is 7.98. The third-order valence-corrected chi connectivity index (χ3v) is 6.01. The average Bonchev–Trinajstić information content (AvgIpc) is 3.38. The Labute approximate surface area is 171 Å².